The van der Waals surface area contributed by atoms with Crippen molar-refractivity contribution >= 4 is 17.5 Å². The van der Waals surface area contributed by atoms with Crippen molar-refractivity contribution in [2.75, 3.05) is 18.5 Å². The van der Waals surface area contributed by atoms with E-state index >= 15 is 0 Å². The molecule has 0 bridgehead atoms. The Hall–Kier alpha value is -2.80. The van der Waals surface area contributed by atoms with Crippen LogP contribution in [0.25, 0.3) is 0 Å². The molecule has 140 valence electrons. The van der Waals surface area contributed by atoms with Crippen LogP contribution in [0.2, 0.25) is 0 Å². The number of rotatable bonds is 8. The average Bonchev–Trinajstić information content (AvgIpc) is 3.15. The monoisotopic (exact) mass is 359 g/mol. The lowest BCUT2D eigenvalue weighted by atomic mass is 9.88. The molecule has 0 saturated heterocycles. The van der Waals surface area contributed by atoms with Crippen molar-refractivity contribution in [3.05, 3.63) is 48.4 Å². The fourth-order valence-electron chi connectivity index (χ4n) is 2.20. The van der Waals surface area contributed by atoms with Gasteiger partial charge in [0.15, 0.2) is 12.4 Å². The maximum atomic E-state index is 12.1. The molecule has 1 aromatic carbocycles. The van der Waals surface area contributed by atoms with Crippen LogP contribution < -0.4 is 21.1 Å². The van der Waals surface area contributed by atoms with Crippen molar-refractivity contribution in [2.45, 2.75) is 26.3 Å². The highest BCUT2D eigenvalue weighted by Crippen LogP contribution is 2.19. The van der Waals surface area contributed by atoms with Gasteiger partial charge in [-0.05, 0) is 37.1 Å². The second kappa shape index (κ2) is 8.53. The van der Waals surface area contributed by atoms with E-state index in [2.05, 4.69) is 10.6 Å². The lowest BCUT2D eigenvalue weighted by Crippen LogP contribution is -2.56. The maximum Gasteiger partial charge on any atom is 0.291 e. The van der Waals surface area contributed by atoms with Gasteiger partial charge in [0, 0.05) is 18.3 Å². The molecule has 0 aliphatic heterocycles. The molecule has 0 radical (unpaired) electrons. The molecule has 26 heavy (non-hydrogen) atoms. The number of benzene rings is 1. The molecule has 0 saturated carbocycles. The van der Waals surface area contributed by atoms with Crippen molar-refractivity contribution in [1.82, 2.24) is 5.32 Å². The highest BCUT2D eigenvalue weighted by atomic mass is 16.5. The number of carbonyl (C=O) groups excluding carboxylic acids is 2. The molecule has 0 fully saturated rings. The number of nitrogens with two attached hydrogens (primary N) is 1. The van der Waals surface area contributed by atoms with Gasteiger partial charge < -0.3 is 25.5 Å². The third-order valence-electron chi connectivity index (χ3n) is 4.33. The van der Waals surface area contributed by atoms with Gasteiger partial charge >= 0.3 is 0 Å². The number of hydrogen-bond acceptors (Lipinski definition) is 5. The van der Waals surface area contributed by atoms with Gasteiger partial charge in [-0.1, -0.05) is 19.9 Å². The minimum Gasteiger partial charge on any atom is -0.484 e. The van der Waals surface area contributed by atoms with Crippen molar-refractivity contribution in [3.8, 4) is 5.75 Å². The van der Waals surface area contributed by atoms with Gasteiger partial charge in [-0.25, -0.2) is 0 Å². The SMILES string of the molecule is CC(C)C(C)(CN)NC(=O)COc1cccc(NC(=O)c2ccco2)c1. The zero-order valence-corrected chi connectivity index (χ0v) is 15.2. The first-order valence-corrected chi connectivity index (χ1v) is 8.43. The summed E-state index contributed by atoms with van der Waals surface area (Å²) in [6.07, 6.45) is 1.43. The van der Waals surface area contributed by atoms with Gasteiger partial charge in [-0.2, -0.15) is 0 Å². The van der Waals surface area contributed by atoms with Crippen LogP contribution in [0, 0.1) is 5.92 Å². The molecule has 1 atom stereocenters. The fourth-order valence-corrected chi connectivity index (χ4v) is 2.20. The summed E-state index contributed by atoms with van der Waals surface area (Å²) >= 11 is 0. The Morgan fingerprint density at radius 1 is 1.27 bits per heavy atom. The summed E-state index contributed by atoms with van der Waals surface area (Å²) in [5.74, 6) is 0.260. The molecule has 1 aromatic heterocycles. The van der Waals surface area contributed by atoms with Crippen LogP contribution in [-0.2, 0) is 4.79 Å². The van der Waals surface area contributed by atoms with E-state index in [1.165, 1.54) is 6.26 Å². The molecule has 7 nitrogen and oxygen atoms in total. The minimum atomic E-state index is -0.487. The van der Waals surface area contributed by atoms with Crippen LogP contribution in [0.15, 0.2) is 47.1 Å². The van der Waals surface area contributed by atoms with E-state index in [1.807, 2.05) is 20.8 Å². The first-order chi connectivity index (χ1) is 12.3. The number of nitrogens with one attached hydrogen (secondary N) is 2. The number of anilines is 1. The Morgan fingerprint density at radius 3 is 2.65 bits per heavy atom. The van der Waals surface area contributed by atoms with Gasteiger partial charge in [0.2, 0.25) is 0 Å². The zero-order valence-electron chi connectivity index (χ0n) is 15.2. The quantitative estimate of drug-likeness (QED) is 0.671. The van der Waals surface area contributed by atoms with Gasteiger partial charge in [0.05, 0.1) is 11.8 Å². The van der Waals surface area contributed by atoms with E-state index < -0.39 is 5.54 Å². The van der Waals surface area contributed by atoms with E-state index in [9.17, 15) is 9.59 Å². The molecular formula is C19H25N3O4. The molecule has 2 rings (SSSR count). The second-order valence-corrected chi connectivity index (χ2v) is 6.57. The van der Waals surface area contributed by atoms with E-state index in [1.54, 1.807) is 36.4 Å². The summed E-state index contributed by atoms with van der Waals surface area (Å²) in [6.45, 7) is 6.10. The smallest absolute Gasteiger partial charge is 0.291 e. The summed E-state index contributed by atoms with van der Waals surface area (Å²) in [7, 11) is 0. The average molecular weight is 359 g/mol. The highest BCUT2D eigenvalue weighted by molar-refractivity contribution is 6.02. The molecule has 1 unspecified atom stereocenters. The Kier molecular flexibility index (Phi) is 6.41. The van der Waals surface area contributed by atoms with Crippen molar-refractivity contribution < 1.29 is 18.7 Å². The standard InChI is InChI=1S/C19H25N3O4/c1-13(2)19(3,12-20)22-17(23)11-26-15-7-4-6-14(10-15)21-18(24)16-8-5-9-25-16/h4-10,13H,11-12,20H2,1-3H3,(H,21,24)(H,22,23). The third-order valence-corrected chi connectivity index (χ3v) is 4.33. The van der Waals surface area contributed by atoms with E-state index in [-0.39, 0.29) is 30.1 Å². The summed E-state index contributed by atoms with van der Waals surface area (Å²) in [4.78, 5) is 24.1. The number of hydrogen-bond donors (Lipinski definition) is 3. The van der Waals surface area contributed by atoms with Gasteiger partial charge in [-0.15, -0.1) is 0 Å². The fraction of sp³-hybridized carbons (Fsp3) is 0.368. The normalized spacial score (nSPS) is 13.1. The van der Waals surface area contributed by atoms with Crippen LogP contribution in [0.1, 0.15) is 31.3 Å². The Labute approximate surface area is 152 Å². The highest BCUT2D eigenvalue weighted by Gasteiger charge is 2.28. The largest absolute Gasteiger partial charge is 0.484 e. The van der Waals surface area contributed by atoms with Crippen LogP contribution in [0.5, 0.6) is 5.75 Å². The predicted octanol–water partition coefficient (Wildman–Crippen LogP) is 2.40. The first kappa shape index (κ1) is 19.5. The van der Waals surface area contributed by atoms with E-state index in [0.717, 1.165) is 0 Å². The minimum absolute atomic E-state index is 0.141. The number of ether oxygens (including phenoxy) is 1. The van der Waals surface area contributed by atoms with Crippen LogP contribution in [0.3, 0.4) is 0 Å². The van der Waals surface area contributed by atoms with E-state index in [4.69, 9.17) is 14.9 Å². The molecule has 2 amide bonds. The summed E-state index contributed by atoms with van der Waals surface area (Å²) in [6, 6.07) is 10.0. The number of carbonyl (C=O) groups is 2. The molecular weight excluding hydrogens is 334 g/mol. The van der Waals surface area contributed by atoms with Crippen LogP contribution in [-0.4, -0.2) is 30.5 Å². The van der Waals surface area contributed by atoms with Crippen molar-refractivity contribution in [1.29, 1.82) is 0 Å². The molecule has 0 spiro atoms. The molecule has 0 aliphatic rings. The first-order valence-electron chi connectivity index (χ1n) is 8.43. The summed E-state index contributed by atoms with van der Waals surface area (Å²) < 4.78 is 10.6. The molecule has 2 aromatic rings. The third kappa shape index (κ3) is 5.10. The Bertz CT molecular complexity index is 743. The lowest BCUT2D eigenvalue weighted by Gasteiger charge is -2.33. The number of furan rings is 1. The number of amides is 2. The van der Waals surface area contributed by atoms with E-state index in [0.29, 0.717) is 18.0 Å². The molecule has 1 heterocycles. The molecule has 4 N–H and O–H groups in total. The predicted molar refractivity (Wildman–Crippen MR) is 99.0 cm³/mol. The van der Waals surface area contributed by atoms with Crippen LogP contribution >= 0.6 is 0 Å². The van der Waals surface area contributed by atoms with Gasteiger partial charge in [0.25, 0.3) is 11.8 Å². The molecule has 7 heteroatoms. The maximum absolute atomic E-state index is 12.1. The van der Waals surface area contributed by atoms with Gasteiger partial charge in [0.1, 0.15) is 5.75 Å². The topological polar surface area (TPSA) is 107 Å². The zero-order chi connectivity index (χ0) is 19.2. The second-order valence-electron chi connectivity index (χ2n) is 6.57. The van der Waals surface area contributed by atoms with Gasteiger partial charge in [-0.3, -0.25) is 9.59 Å². The lowest BCUT2D eigenvalue weighted by molar-refractivity contribution is -0.125. The Morgan fingerprint density at radius 2 is 2.04 bits per heavy atom. The molecule has 0 aliphatic carbocycles. The van der Waals surface area contributed by atoms with Crippen LogP contribution in [0.4, 0.5) is 5.69 Å². The van der Waals surface area contributed by atoms with Crippen molar-refractivity contribution in [2.24, 2.45) is 11.7 Å². The summed E-state index contributed by atoms with van der Waals surface area (Å²) in [5.41, 5.74) is 5.82. The van der Waals surface area contributed by atoms with Crippen molar-refractivity contribution in [3.63, 3.8) is 0 Å². The summed E-state index contributed by atoms with van der Waals surface area (Å²) in [5, 5.41) is 5.61. The Balaban J connectivity index is 1.92.